The van der Waals surface area contributed by atoms with E-state index in [9.17, 15) is 0 Å². The molecule has 1 aliphatic rings. The Bertz CT molecular complexity index is 1480. The summed E-state index contributed by atoms with van der Waals surface area (Å²) < 4.78 is 6.07. The van der Waals surface area contributed by atoms with E-state index in [1.807, 2.05) is 25.1 Å². The van der Waals surface area contributed by atoms with E-state index in [4.69, 9.17) is 16.3 Å². The molecular weight excluding hydrogens is 422 g/mol. The van der Waals surface area contributed by atoms with Crippen molar-refractivity contribution in [1.82, 2.24) is 19.9 Å². The molecule has 158 valence electrons. The molecule has 0 atom stereocenters. The summed E-state index contributed by atoms with van der Waals surface area (Å²) >= 11 is 6.27. The highest BCUT2D eigenvalue weighted by molar-refractivity contribution is 6.31. The van der Waals surface area contributed by atoms with Crippen molar-refractivity contribution in [3.05, 3.63) is 77.3 Å². The molecule has 6 rings (SSSR count). The first-order chi connectivity index (χ1) is 15.6. The second-order valence-electron chi connectivity index (χ2n) is 8.01. The van der Waals surface area contributed by atoms with E-state index in [0.29, 0.717) is 18.2 Å². The Hall–Kier alpha value is -3.64. The third-order valence-electron chi connectivity index (χ3n) is 5.85. The topological polar surface area (TPSA) is 66.9 Å². The van der Waals surface area contributed by atoms with Gasteiger partial charge in [0.15, 0.2) is 0 Å². The Morgan fingerprint density at radius 1 is 0.969 bits per heavy atom. The minimum absolute atomic E-state index is 0.581. The zero-order chi connectivity index (χ0) is 21.7. The fraction of sp³-hybridized carbons (Fsp3) is 0.160. The monoisotopic (exact) mass is 441 g/mol. The van der Waals surface area contributed by atoms with Gasteiger partial charge < -0.3 is 14.6 Å². The highest BCUT2D eigenvalue weighted by Crippen LogP contribution is 2.33. The Morgan fingerprint density at radius 2 is 1.81 bits per heavy atom. The molecule has 32 heavy (non-hydrogen) atoms. The molecule has 1 aliphatic heterocycles. The molecule has 0 fully saturated rings. The van der Waals surface area contributed by atoms with Gasteiger partial charge in [-0.3, -0.25) is 0 Å². The van der Waals surface area contributed by atoms with Crippen LogP contribution in [0.2, 0.25) is 5.02 Å². The van der Waals surface area contributed by atoms with Gasteiger partial charge in [0.1, 0.15) is 30.3 Å². The van der Waals surface area contributed by atoms with E-state index in [1.165, 1.54) is 0 Å². The zero-order valence-corrected chi connectivity index (χ0v) is 18.2. The van der Waals surface area contributed by atoms with Gasteiger partial charge in [-0.05, 0) is 60.5 Å². The number of anilines is 1. The first kappa shape index (κ1) is 19.1. The third-order valence-corrected chi connectivity index (χ3v) is 6.09. The van der Waals surface area contributed by atoms with E-state index in [2.05, 4.69) is 61.2 Å². The third kappa shape index (κ3) is 3.33. The molecule has 5 aromatic rings. The first-order valence-electron chi connectivity index (χ1n) is 10.5. The standard InChI is InChI=1S/C25H20ClN5O/c1-15-29-22-5-2-17(11-23(22)30-15)16-3-7-24-18(10-16)13-31(8-9-32-24)25-20-12-19(26)4-6-21(20)27-14-28-25/h2-7,10-12,14H,8-9,13H2,1H3,(H,29,30). The molecule has 3 aromatic carbocycles. The molecule has 0 spiro atoms. The number of aryl methyl sites for hydroxylation is 1. The van der Waals surface area contributed by atoms with Crippen molar-refractivity contribution in [1.29, 1.82) is 0 Å². The van der Waals surface area contributed by atoms with Crippen molar-refractivity contribution in [3.8, 4) is 16.9 Å². The summed E-state index contributed by atoms with van der Waals surface area (Å²) in [5.41, 5.74) is 6.29. The summed E-state index contributed by atoms with van der Waals surface area (Å²) in [7, 11) is 0. The summed E-state index contributed by atoms with van der Waals surface area (Å²) in [6.45, 7) is 3.96. The number of ether oxygens (including phenoxy) is 1. The molecule has 0 bridgehead atoms. The summed E-state index contributed by atoms with van der Waals surface area (Å²) in [6.07, 6.45) is 1.61. The Balaban J connectivity index is 1.40. The van der Waals surface area contributed by atoms with E-state index in [0.717, 1.165) is 62.6 Å². The zero-order valence-electron chi connectivity index (χ0n) is 17.5. The molecule has 7 heteroatoms. The SMILES string of the molecule is Cc1nc2ccc(-c3ccc4c(c3)CN(c3ncnc5ccc(Cl)cc35)CCO4)cc2[nH]1. The number of fused-ring (bicyclic) bond motifs is 3. The maximum absolute atomic E-state index is 6.27. The highest BCUT2D eigenvalue weighted by atomic mass is 35.5. The number of H-pyrrole nitrogens is 1. The number of hydrogen-bond donors (Lipinski definition) is 1. The fourth-order valence-electron chi connectivity index (χ4n) is 4.34. The molecule has 6 nitrogen and oxygen atoms in total. The number of nitrogens with one attached hydrogen (secondary N) is 1. The van der Waals surface area contributed by atoms with Crippen LogP contribution in [0.15, 0.2) is 60.9 Å². The highest BCUT2D eigenvalue weighted by Gasteiger charge is 2.20. The van der Waals surface area contributed by atoms with Crippen LogP contribution in [0.4, 0.5) is 5.82 Å². The number of halogens is 1. The van der Waals surface area contributed by atoms with Crippen molar-refractivity contribution < 1.29 is 4.74 Å². The number of aromatic amines is 1. The average molecular weight is 442 g/mol. The number of nitrogens with zero attached hydrogens (tertiary/aromatic N) is 4. The molecule has 0 aliphatic carbocycles. The second kappa shape index (κ2) is 7.50. The predicted octanol–water partition coefficient (Wildman–Crippen LogP) is 5.53. The van der Waals surface area contributed by atoms with E-state index < -0.39 is 0 Å². The van der Waals surface area contributed by atoms with Crippen molar-refractivity contribution in [3.63, 3.8) is 0 Å². The smallest absolute Gasteiger partial charge is 0.140 e. The van der Waals surface area contributed by atoms with Gasteiger partial charge in [-0.2, -0.15) is 0 Å². The van der Waals surface area contributed by atoms with Crippen molar-refractivity contribution in [2.75, 3.05) is 18.1 Å². The maximum atomic E-state index is 6.27. The van der Waals surface area contributed by atoms with Crippen LogP contribution in [-0.2, 0) is 6.54 Å². The van der Waals surface area contributed by atoms with Crippen LogP contribution in [0.5, 0.6) is 5.75 Å². The lowest BCUT2D eigenvalue weighted by Crippen LogP contribution is -2.26. The summed E-state index contributed by atoms with van der Waals surface area (Å²) in [4.78, 5) is 19.0. The van der Waals surface area contributed by atoms with E-state index >= 15 is 0 Å². The number of imidazole rings is 1. The quantitative estimate of drug-likeness (QED) is 0.390. The van der Waals surface area contributed by atoms with Crippen molar-refractivity contribution in [2.24, 2.45) is 0 Å². The average Bonchev–Trinajstić information content (AvgIpc) is 3.04. The van der Waals surface area contributed by atoms with Crippen LogP contribution >= 0.6 is 11.6 Å². The molecule has 0 saturated heterocycles. The van der Waals surface area contributed by atoms with Gasteiger partial charge in [0, 0.05) is 22.5 Å². The largest absolute Gasteiger partial charge is 0.491 e. The lowest BCUT2D eigenvalue weighted by molar-refractivity contribution is 0.331. The van der Waals surface area contributed by atoms with Crippen LogP contribution in [0, 0.1) is 6.92 Å². The normalized spacial score (nSPS) is 13.8. The Labute approximate surface area is 189 Å². The van der Waals surface area contributed by atoms with Crippen LogP contribution < -0.4 is 9.64 Å². The van der Waals surface area contributed by atoms with Crippen LogP contribution in [-0.4, -0.2) is 33.1 Å². The van der Waals surface area contributed by atoms with Gasteiger partial charge in [0.05, 0.1) is 23.1 Å². The molecule has 1 N–H and O–H groups in total. The maximum Gasteiger partial charge on any atom is 0.140 e. The van der Waals surface area contributed by atoms with Gasteiger partial charge in [0.25, 0.3) is 0 Å². The number of benzene rings is 3. The first-order valence-corrected chi connectivity index (χ1v) is 10.9. The minimum Gasteiger partial charge on any atom is -0.491 e. The molecule has 0 amide bonds. The molecule has 3 heterocycles. The van der Waals surface area contributed by atoms with E-state index in [-0.39, 0.29) is 0 Å². The molecule has 0 unspecified atom stereocenters. The van der Waals surface area contributed by atoms with Crippen LogP contribution in [0.1, 0.15) is 11.4 Å². The molecule has 0 radical (unpaired) electrons. The lowest BCUT2D eigenvalue weighted by atomic mass is 10.0. The van der Waals surface area contributed by atoms with Crippen molar-refractivity contribution in [2.45, 2.75) is 13.5 Å². The van der Waals surface area contributed by atoms with Crippen LogP contribution in [0.3, 0.4) is 0 Å². The predicted molar refractivity (Wildman–Crippen MR) is 127 cm³/mol. The lowest BCUT2D eigenvalue weighted by Gasteiger charge is -2.22. The number of rotatable bonds is 2. The molecule has 2 aromatic heterocycles. The van der Waals surface area contributed by atoms with Crippen LogP contribution in [0.25, 0.3) is 33.1 Å². The summed E-state index contributed by atoms with van der Waals surface area (Å²) in [5.74, 6) is 2.69. The molecule has 0 saturated carbocycles. The second-order valence-corrected chi connectivity index (χ2v) is 8.44. The number of hydrogen-bond acceptors (Lipinski definition) is 5. The van der Waals surface area contributed by atoms with Gasteiger partial charge >= 0.3 is 0 Å². The van der Waals surface area contributed by atoms with E-state index in [1.54, 1.807) is 6.33 Å². The Kier molecular flexibility index (Phi) is 4.47. The Morgan fingerprint density at radius 3 is 2.75 bits per heavy atom. The number of aromatic nitrogens is 4. The fourth-order valence-corrected chi connectivity index (χ4v) is 4.51. The molecular formula is C25H20ClN5O. The summed E-state index contributed by atoms with van der Waals surface area (Å²) in [5, 5.41) is 1.62. The summed E-state index contributed by atoms with van der Waals surface area (Å²) in [6, 6.07) is 18.4. The minimum atomic E-state index is 0.581. The van der Waals surface area contributed by atoms with Gasteiger partial charge in [0.2, 0.25) is 0 Å². The van der Waals surface area contributed by atoms with Gasteiger partial charge in [-0.25, -0.2) is 15.0 Å². The van der Waals surface area contributed by atoms with Gasteiger partial charge in [-0.15, -0.1) is 0 Å². The van der Waals surface area contributed by atoms with Crippen molar-refractivity contribution >= 4 is 39.4 Å². The van der Waals surface area contributed by atoms with Gasteiger partial charge in [-0.1, -0.05) is 23.7 Å².